The number of amides is 2. The smallest absolute Gasteiger partial charge is 0.414 e. The topological polar surface area (TPSA) is 186 Å². The summed E-state index contributed by atoms with van der Waals surface area (Å²) in [5, 5.41) is 8.94. The number of hydrogen-bond acceptors (Lipinski definition) is 12. The van der Waals surface area contributed by atoms with Gasteiger partial charge in [0, 0.05) is 47.4 Å². The molecule has 3 N–H and O–H groups in total. The fraction of sp³-hybridized carbons (Fsp3) is 0.556. The molecule has 0 aliphatic heterocycles. The molecule has 2 amide bonds. The summed E-state index contributed by atoms with van der Waals surface area (Å²) in [6, 6.07) is 22.9. The number of aliphatic hydroxyl groups is 1. The molecule has 3 aromatic rings. The van der Waals surface area contributed by atoms with Crippen molar-refractivity contribution in [3.63, 3.8) is 0 Å². The summed E-state index contributed by atoms with van der Waals surface area (Å²) < 4.78 is 56.3. The number of anilines is 3. The highest BCUT2D eigenvalue weighted by Gasteiger charge is 2.24. The quantitative estimate of drug-likeness (QED) is 0.0717. The molecular formula is C45H75ClN4O10S2. The van der Waals surface area contributed by atoms with Crippen molar-refractivity contribution < 1.29 is 45.2 Å². The fourth-order valence-corrected chi connectivity index (χ4v) is 5.05. The van der Waals surface area contributed by atoms with Crippen molar-refractivity contribution in [2.75, 3.05) is 74.0 Å². The number of ether oxygens (including phenoxy) is 2. The zero-order valence-corrected chi connectivity index (χ0v) is 41.9. The molecule has 0 spiro atoms. The van der Waals surface area contributed by atoms with Crippen LogP contribution in [0.1, 0.15) is 91.8 Å². The van der Waals surface area contributed by atoms with E-state index in [0.717, 1.165) is 35.0 Å². The Balaban J connectivity index is 0. The Labute approximate surface area is 378 Å². The normalized spacial score (nSPS) is 11.2. The molecule has 0 aliphatic rings. The van der Waals surface area contributed by atoms with Crippen LogP contribution in [0.2, 0.25) is 0 Å². The lowest BCUT2D eigenvalue weighted by atomic mass is 10.2. The summed E-state index contributed by atoms with van der Waals surface area (Å²) in [6.45, 7) is 27.8. The Bertz CT molecular complexity index is 1860. The van der Waals surface area contributed by atoms with Crippen molar-refractivity contribution in [1.82, 2.24) is 4.90 Å². The average molecular weight is 932 g/mol. The molecule has 0 aliphatic carbocycles. The van der Waals surface area contributed by atoms with Crippen molar-refractivity contribution >= 4 is 59.1 Å². The summed E-state index contributed by atoms with van der Waals surface area (Å²) in [4.78, 5) is 30.0. The molecular weight excluding hydrogens is 856 g/mol. The summed E-state index contributed by atoms with van der Waals surface area (Å²) in [7, 11) is -2.17. The molecule has 0 heterocycles. The molecule has 0 bridgehead atoms. The van der Waals surface area contributed by atoms with Gasteiger partial charge in [-0.2, -0.15) is 8.42 Å². The van der Waals surface area contributed by atoms with E-state index in [0.29, 0.717) is 31.6 Å². The van der Waals surface area contributed by atoms with E-state index in [1.807, 2.05) is 114 Å². The van der Waals surface area contributed by atoms with Crippen LogP contribution in [0.4, 0.5) is 26.7 Å². The van der Waals surface area contributed by atoms with Crippen molar-refractivity contribution in [3.8, 4) is 0 Å². The third-order valence-corrected chi connectivity index (χ3v) is 8.30. The van der Waals surface area contributed by atoms with Gasteiger partial charge >= 0.3 is 12.2 Å². The van der Waals surface area contributed by atoms with Gasteiger partial charge in [-0.1, -0.05) is 73.9 Å². The maximum Gasteiger partial charge on any atom is 0.414 e. The predicted octanol–water partition coefficient (Wildman–Crippen LogP) is 9.33. The van der Waals surface area contributed by atoms with E-state index in [4.69, 9.17) is 24.5 Å². The molecule has 0 fully saturated rings. The maximum atomic E-state index is 12.4. The van der Waals surface area contributed by atoms with Gasteiger partial charge in [-0.3, -0.25) is 14.0 Å². The SMILES string of the molecule is CCN(CC)CC.CS(=O)(=O)Cl.Cc1ccc(N(CCCO)C(=O)OC(C)(C)C)cc1.Cc1ccc(N(CCCOS(C)(=O)=O)C(=O)OC(C)(C)C)cc1.Cc1ccc(N)cc1. The first-order valence-electron chi connectivity index (χ1n) is 20.5. The van der Waals surface area contributed by atoms with Gasteiger partial charge in [0.2, 0.25) is 9.05 Å². The molecule has 17 heteroatoms. The van der Waals surface area contributed by atoms with Crippen LogP contribution in [-0.4, -0.2) is 109 Å². The van der Waals surface area contributed by atoms with Gasteiger partial charge < -0.3 is 25.2 Å². The molecule has 0 aromatic heterocycles. The molecule has 3 rings (SSSR count). The van der Waals surface area contributed by atoms with Crippen LogP contribution in [0.15, 0.2) is 72.8 Å². The van der Waals surface area contributed by atoms with Crippen molar-refractivity contribution in [2.45, 2.75) is 107 Å². The van der Waals surface area contributed by atoms with E-state index in [9.17, 15) is 26.4 Å². The van der Waals surface area contributed by atoms with Crippen LogP contribution in [0.5, 0.6) is 0 Å². The molecule has 0 unspecified atom stereocenters. The van der Waals surface area contributed by atoms with E-state index in [-0.39, 0.29) is 19.3 Å². The standard InChI is InChI=1S/C16H25NO5S.C15H23NO3.C7H9N.C6H15N.CH3ClO2S/c1-13-7-9-14(10-8-13)17(15(18)22-16(2,3)4)11-6-12-21-23(5,19)20;1-12-6-8-13(9-7-12)16(10-5-11-17)14(18)19-15(2,3)4;1-6-2-4-7(8)5-3-6;1-4-7(5-2)6-3;1-5(2,3)4/h7-10H,6,11-12H2,1-5H3;6-9,17H,5,10-11H2,1-4H3;2-5H,8H2,1H3;4-6H2,1-3H3;1H3. The summed E-state index contributed by atoms with van der Waals surface area (Å²) >= 11 is 0. The first kappa shape index (κ1) is 60.2. The third kappa shape index (κ3) is 34.6. The lowest BCUT2D eigenvalue weighted by molar-refractivity contribution is 0.0567. The van der Waals surface area contributed by atoms with Crippen molar-refractivity contribution in [2.24, 2.45) is 0 Å². The number of carbonyl (C=O) groups is 2. The molecule has 354 valence electrons. The van der Waals surface area contributed by atoms with Crippen molar-refractivity contribution in [3.05, 3.63) is 89.5 Å². The molecule has 0 saturated heterocycles. The lowest BCUT2D eigenvalue weighted by Crippen LogP contribution is -2.38. The van der Waals surface area contributed by atoms with Gasteiger partial charge in [0.05, 0.1) is 19.1 Å². The highest BCUT2D eigenvalue weighted by Crippen LogP contribution is 2.21. The number of hydrogen-bond donors (Lipinski definition) is 2. The Morgan fingerprint density at radius 2 is 0.935 bits per heavy atom. The maximum absolute atomic E-state index is 12.4. The Hall–Kier alpha value is -3.93. The van der Waals surface area contributed by atoms with E-state index >= 15 is 0 Å². The van der Waals surface area contributed by atoms with E-state index in [1.165, 1.54) is 30.1 Å². The second-order valence-electron chi connectivity index (χ2n) is 16.1. The largest absolute Gasteiger partial charge is 0.443 e. The zero-order chi connectivity index (χ0) is 48.3. The molecule has 0 radical (unpaired) electrons. The number of benzene rings is 3. The Morgan fingerprint density at radius 3 is 1.18 bits per heavy atom. The van der Waals surface area contributed by atoms with Crippen LogP contribution < -0.4 is 15.5 Å². The van der Waals surface area contributed by atoms with Crippen LogP contribution in [0, 0.1) is 20.8 Å². The molecule has 3 aromatic carbocycles. The minimum absolute atomic E-state index is 0.0178. The van der Waals surface area contributed by atoms with Gasteiger partial charge in [0.1, 0.15) is 11.2 Å². The van der Waals surface area contributed by atoms with Gasteiger partial charge in [-0.25, -0.2) is 18.0 Å². The molecule has 14 nitrogen and oxygen atoms in total. The Morgan fingerprint density at radius 1 is 0.629 bits per heavy atom. The van der Waals surface area contributed by atoms with Crippen LogP contribution in [-0.2, 0) is 32.8 Å². The lowest BCUT2D eigenvalue weighted by Gasteiger charge is -2.27. The zero-order valence-electron chi connectivity index (χ0n) is 39.5. The van der Waals surface area contributed by atoms with Gasteiger partial charge in [0.15, 0.2) is 0 Å². The second kappa shape index (κ2) is 30.2. The number of carbonyl (C=O) groups excluding carboxylic acids is 2. The van der Waals surface area contributed by atoms with Gasteiger partial charge in [-0.05, 0) is 131 Å². The van der Waals surface area contributed by atoms with Crippen LogP contribution in [0.25, 0.3) is 0 Å². The average Bonchev–Trinajstić information content (AvgIpc) is 3.13. The first-order valence-corrected chi connectivity index (χ1v) is 25.0. The van der Waals surface area contributed by atoms with E-state index in [1.54, 1.807) is 25.7 Å². The number of nitrogens with two attached hydrogens (primary N) is 1. The number of aryl methyl sites for hydroxylation is 3. The van der Waals surface area contributed by atoms with Crippen molar-refractivity contribution in [1.29, 1.82) is 0 Å². The monoisotopic (exact) mass is 930 g/mol. The Kier molecular flexibility index (Phi) is 29.3. The number of aliphatic hydroxyl groups excluding tert-OH is 1. The van der Waals surface area contributed by atoms with E-state index in [2.05, 4.69) is 36.4 Å². The minimum Gasteiger partial charge on any atom is -0.443 e. The minimum atomic E-state index is -3.48. The van der Waals surface area contributed by atoms with Crippen LogP contribution in [0.3, 0.4) is 0 Å². The summed E-state index contributed by atoms with van der Waals surface area (Å²) in [6.07, 6.45) is 1.96. The third-order valence-electron chi connectivity index (χ3n) is 7.70. The van der Waals surface area contributed by atoms with Gasteiger partial charge in [0.25, 0.3) is 10.1 Å². The fourth-order valence-electron chi connectivity index (χ4n) is 4.63. The van der Waals surface area contributed by atoms with E-state index < -0.39 is 36.5 Å². The molecule has 62 heavy (non-hydrogen) atoms. The first-order chi connectivity index (χ1) is 28.4. The number of rotatable bonds is 13. The highest BCUT2D eigenvalue weighted by atomic mass is 35.7. The second-order valence-corrected chi connectivity index (χ2v) is 20.8. The molecule has 0 saturated carbocycles. The number of halogens is 1. The number of nitrogen functional groups attached to an aromatic ring is 1. The summed E-state index contributed by atoms with van der Waals surface area (Å²) in [5.74, 6) is 0. The number of nitrogens with zero attached hydrogens (tertiary/aromatic N) is 3. The van der Waals surface area contributed by atoms with Gasteiger partial charge in [-0.15, -0.1) is 0 Å². The summed E-state index contributed by atoms with van der Waals surface area (Å²) in [5.41, 5.74) is 10.1. The predicted molar refractivity (Wildman–Crippen MR) is 256 cm³/mol. The van der Waals surface area contributed by atoms with Crippen LogP contribution >= 0.6 is 10.7 Å². The highest BCUT2D eigenvalue weighted by molar-refractivity contribution is 8.13. The molecule has 0 atom stereocenters.